The summed E-state index contributed by atoms with van der Waals surface area (Å²) in [6, 6.07) is 0. The molecule has 0 spiro atoms. The number of piperidine rings is 1. The van der Waals surface area contributed by atoms with Gasteiger partial charge in [0.05, 0.1) is 5.92 Å². The Hall–Kier alpha value is -0.610. The van der Waals surface area contributed by atoms with Crippen LogP contribution in [0.3, 0.4) is 0 Å². The van der Waals surface area contributed by atoms with Crippen LogP contribution in [0.5, 0.6) is 0 Å². The van der Waals surface area contributed by atoms with Crippen molar-refractivity contribution in [3.05, 3.63) is 0 Å². The van der Waals surface area contributed by atoms with Crippen LogP contribution in [0.4, 0.5) is 0 Å². The number of nitrogens with two attached hydrogens (primary N) is 1. The van der Waals surface area contributed by atoms with Crippen molar-refractivity contribution >= 4 is 5.91 Å². The van der Waals surface area contributed by atoms with E-state index in [2.05, 4.69) is 4.90 Å². The maximum absolute atomic E-state index is 11.4. The molecule has 0 aromatic carbocycles. The first kappa shape index (κ1) is 9.48. The van der Waals surface area contributed by atoms with E-state index in [1.807, 2.05) is 7.05 Å². The number of hydrogen-bond donors (Lipinski definition) is 1. The van der Waals surface area contributed by atoms with E-state index in [1.54, 1.807) is 7.05 Å². The molecule has 1 saturated heterocycles. The Kier molecular flexibility index (Phi) is 3.05. The average Bonchev–Trinajstić information content (AvgIpc) is 2.03. The lowest BCUT2D eigenvalue weighted by molar-refractivity contribution is -0.136. The number of rotatable bonds is 1. The van der Waals surface area contributed by atoms with Gasteiger partial charge in [0.25, 0.3) is 0 Å². The summed E-state index contributed by atoms with van der Waals surface area (Å²) in [7, 11) is 3.65. The van der Waals surface area contributed by atoms with E-state index in [0.717, 1.165) is 25.9 Å². The van der Waals surface area contributed by atoms with Gasteiger partial charge in [-0.3, -0.25) is 9.80 Å². The highest BCUT2D eigenvalue weighted by atomic mass is 16.2. The topological polar surface area (TPSA) is 49.6 Å². The fraction of sp³-hybridized carbons (Fsp3) is 0.875. The highest BCUT2D eigenvalue weighted by Crippen LogP contribution is 2.15. The quantitative estimate of drug-likeness (QED) is 0.333. The second kappa shape index (κ2) is 3.87. The summed E-state index contributed by atoms with van der Waals surface area (Å²) < 4.78 is 0. The van der Waals surface area contributed by atoms with Crippen molar-refractivity contribution in [2.45, 2.75) is 12.8 Å². The first-order valence-corrected chi connectivity index (χ1v) is 4.32. The summed E-state index contributed by atoms with van der Waals surface area (Å²) in [5, 5.41) is 1.20. The molecule has 1 aliphatic rings. The van der Waals surface area contributed by atoms with Gasteiger partial charge in [-0.15, -0.1) is 0 Å². The highest BCUT2D eigenvalue weighted by molar-refractivity contribution is 5.78. The molecule has 0 aromatic heterocycles. The molecule has 70 valence electrons. The van der Waals surface area contributed by atoms with Crippen LogP contribution >= 0.6 is 0 Å². The van der Waals surface area contributed by atoms with Crippen molar-refractivity contribution < 1.29 is 4.79 Å². The number of hydrogen-bond acceptors (Lipinski definition) is 3. The van der Waals surface area contributed by atoms with Crippen molar-refractivity contribution in [1.29, 1.82) is 0 Å². The Bertz CT molecular complexity index is 170. The van der Waals surface area contributed by atoms with Crippen LogP contribution in [-0.4, -0.2) is 43.0 Å². The fourth-order valence-electron chi connectivity index (χ4n) is 1.66. The SMILES string of the molecule is CN1CCCC(C(=O)N(C)N)C1. The maximum Gasteiger partial charge on any atom is 0.240 e. The molecule has 4 heteroatoms. The minimum absolute atomic E-state index is 0.0570. The van der Waals surface area contributed by atoms with E-state index in [-0.39, 0.29) is 11.8 Å². The van der Waals surface area contributed by atoms with Crippen LogP contribution in [0.2, 0.25) is 0 Å². The van der Waals surface area contributed by atoms with Gasteiger partial charge in [-0.05, 0) is 26.4 Å². The van der Waals surface area contributed by atoms with E-state index in [9.17, 15) is 4.79 Å². The maximum atomic E-state index is 11.4. The van der Waals surface area contributed by atoms with E-state index in [0.29, 0.717) is 0 Å². The van der Waals surface area contributed by atoms with E-state index >= 15 is 0 Å². The van der Waals surface area contributed by atoms with Gasteiger partial charge in [0, 0.05) is 13.6 Å². The van der Waals surface area contributed by atoms with Gasteiger partial charge in [0.1, 0.15) is 0 Å². The van der Waals surface area contributed by atoms with E-state index in [1.165, 1.54) is 5.01 Å². The second-order valence-electron chi connectivity index (χ2n) is 3.55. The van der Waals surface area contributed by atoms with Gasteiger partial charge in [0.2, 0.25) is 5.91 Å². The molecule has 4 nitrogen and oxygen atoms in total. The van der Waals surface area contributed by atoms with E-state index in [4.69, 9.17) is 5.84 Å². The Balaban J connectivity index is 2.46. The molecule has 0 saturated carbocycles. The Labute approximate surface area is 73.3 Å². The summed E-state index contributed by atoms with van der Waals surface area (Å²) >= 11 is 0. The third-order valence-electron chi connectivity index (χ3n) is 2.32. The van der Waals surface area contributed by atoms with Gasteiger partial charge in [-0.2, -0.15) is 0 Å². The van der Waals surface area contributed by atoms with Gasteiger partial charge in [0.15, 0.2) is 0 Å². The first-order chi connectivity index (χ1) is 5.61. The largest absolute Gasteiger partial charge is 0.306 e. The molecule has 12 heavy (non-hydrogen) atoms. The van der Waals surface area contributed by atoms with Crippen LogP contribution in [-0.2, 0) is 4.79 Å². The monoisotopic (exact) mass is 171 g/mol. The molecular formula is C8H17N3O. The summed E-state index contributed by atoms with van der Waals surface area (Å²) in [6.45, 7) is 1.94. The molecule has 1 aliphatic heterocycles. The number of likely N-dealkylation sites (tertiary alicyclic amines) is 1. The third-order valence-corrected chi connectivity index (χ3v) is 2.32. The predicted octanol–water partition coefficient (Wildman–Crippen LogP) is -0.340. The molecule has 1 fully saturated rings. The lowest BCUT2D eigenvalue weighted by Gasteiger charge is -2.30. The zero-order valence-corrected chi connectivity index (χ0v) is 7.79. The lowest BCUT2D eigenvalue weighted by atomic mass is 9.97. The van der Waals surface area contributed by atoms with Crippen LogP contribution in [0.15, 0.2) is 0 Å². The van der Waals surface area contributed by atoms with Gasteiger partial charge >= 0.3 is 0 Å². The number of amides is 1. The van der Waals surface area contributed by atoms with Crippen molar-refractivity contribution in [2.24, 2.45) is 11.8 Å². The van der Waals surface area contributed by atoms with Crippen LogP contribution in [0.25, 0.3) is 0 Å². The summed E-state index contributed by atoms with van der Waals surface area (Å²) in [5.74, 6) is 5.54. The highest BCUT2D eigenvalue weighted by Gasteiger charge is 2.25. The fourth-order valence-corrected chi connectivity index (χ4v) is 1.66. The van der Waals surface area contributed by atoms with Gasteiger partial charge < -0.3 is 4.90 Å². The summed E-state index contributed by atoms with van der Waals surface area (Å²) in [5.41, 5.74) is 0. The zero-order valence-electron chi connectivity index (χ0n) is 7.79. The first-order valence-electron chi connectivity index (χ1n) is 4.32. The third kappa shape index (κ3) is 2.19. The normalized spacial score (nSPS) is 25.4. The Morgan fingerprint density at radius 2 is 2.33 bits per heavy atom. The van der Waals surface area contributed by atoms with Gasteiger partial charge in [-0.25, -0.2) is 5.84 Å². The standard InChI is InChI=1S/C8H17N3O/c1-10-5-3-4-7(6-10)8(12)11(2)9/h7H,3-6,9H2,1-2H3. The number of carbonyl (C=O) groups is 1. The molecule has 0 radical (unpaired) electrons. The minimum Gasteiger partial charge on any atom is -0.306 e. The van der Waals surface area contributed by atoms with Crippen molar-refractivity contribution in [2.75, 3.05) is 27.2 Å². The number of carbonyl (C=O) groups excluding carboxylic acids is 1. The molecule has 1 amide bonds. The Morgan fingerprint density at radius 1 is 1.67 bits per heavy atom. The number of hydrazine groups is 1. The van der Waals surface area contributed by atoms with Crippen molar-refractivity contribution in [1.82, 2.24) is 9.91 Å². The molecule has 1 rings (SSSR count). The summed E-state index contributed by atoms with van der Waals surface area (Å²) in [6.07, 6.45) is 2.07. The number of nitrogens with zero attached hydrogens (tertiary/aromatic N) is 2. The zero-order chi connectivity index (χ0) is 9.14. The molecule has 0 bridgehead atoms. The van der Waals surface area contributed by atoms with Crippen LogP contribution < -0.4 is 5.84 Å². The molecular weight excluding hydrogens is 154 g/mol. The average molecular weight is 171 g/mol. The summed E-state index contributed by atoms with van der Waals surface area (Å²) in [4.78, 5) is 13.6. The molecule has 2 N–H and O–H groups in total. The molecule has 1 heterocycles. The predicted molar refractivity (Wildman–Crippen MR) is 47.2 cm³/mol. The molecule has 1 atom stereocenters. The van der Waals surface area contributed by atoms with Crippen molar-refractivity contribution in [3.63, 3.8) is 0 Å². The van der Waals surface area contributed by atoms with Crippen LogP contribution in [0.1, 0.15) is 12.8 Å². The van der Waals surface area contributed by atoms with Gasteiger partial charge in [-0.1, -0.05) is 0 Å². The Morgan fingerprint density at radius 3 is 2.83 bits per heavy atom. The molecule has 0 aliphatic carbocycles. The lowest BCUT2D eigenvalue weighted by Crippen LogP contribution is -2.44. The van der Waals surface area contributed by atoms with Crippen LogP contribution in [0, 0.1) is 5.92 Å². The smallest absolute Gasteiger partial charge is 0.240 e. The minimum atomic E-state index is 0.0570. The molecule has 1 unspecified atom stereocenters. The van der Waals surface area contributed by atoms with Crippen molar-refractivity contribution in [3.8, 4) is 0 Å². The van der Waals surface area contributed by atoms with E-state index < -0.39 is 0 Å². The molecule has 0 aromatic rings. The second-order valence-corrected chi connectivity index (χ2v) is 3.55.